The van der Waals surface area contributed by atoms with Crippen LogP contribution < -0.4 is 5.32 Å². The van der Waals surface area contributed by atoms with Gasteiger partial charge in [-0.05, 0) is 17.7 Å². The van der Waals surface area contributed by atoms with Crippen LogP contribution in [0.25, 0.3) is 10.9 Å². The van der Waals surface area contributed by atoms with Crippen molar-refractivity contribution >= 4 is 16.9 Å². The molecule has 0 bridgehead atoms. The third-order valence-electron chi connectivity index (χ3n) is 2.72. The predicted octanol–water partition coefficient (Wildman–Crippen LogP) is 2.36. The van der Waals surface area contributed by atoms with Crippen molar-refractivity contribution in [3.63, 3.8) is 0 Å². The summed E-state index contributed by atoms with van der Waals surface area (Å²) in [7, 11) is 0. The van der Waals surface area contributed by atoms with Crippen molar-refractivity contribution in [1.82, 2.24) is 10.3 Å². The van der Waals surface area contributed by atoms with E-state index in [0.717, 1.165) is 16.5 Å². The number of rotatable bonds is 4. The Hall–Kier alpha value is -1.81. The summed E-state index contributed by atoms with van der Waals surface area (Å²) in [5, 5.41) is 13.3. The molecule has 0 atom stereocenters. The summed E-state index contributed by atoms with van der Waals surface area (Å²) >= 11 is 0. The summed E-state index contributed by atoms with van der Waals surface area (Å²) in [6.45, 7) is 4.79. The molecule has 0 aliphatic rings. The van der Waals surface area contributed by atoms with Crippen LogP contribution in [0.5, 0.6) is 0 Å². The average Bonchev–Trinajstić information content (AvgIpc) is 2.69. The standard InChI is InChI=1S/C13H16N2O2/c1-8(2)14-6-9-7-15-11-5-3-4-10(12(9)11)13(16)17/h3-5,7-8,14-15H,6H2,1-2H3,(H,16,17). The van der Waals surface area contributed by atoms with Gasteiger partial charge < -0.3 is 15.4 Å². The van der Waals surface area contributed by atoms with Gasteiger partial charge in [0.2, 0.25) is 0 Å². The molecule has 3 N–H and O–H groups in total. The Balaban J connectivity index is 2.46. The Bertz CT molecular complexity index is 543. The van der Waals surface area contributed by atoms with E-state index >= 15 is 0 Å². The van der Waals surface area contributed by atoms with Crippen LogP contribution in [0.3, 0.4) is 0 Å². The van der Waals surface area contributed by atoms with Gasteiger partial charge in [0.15, 0.2) is 0 Å². The van der Waals surface area contributed by atoms with Gasteiger partial charge in [0.1, 0.15) is 0 Å². The third kappa shape index (κ3) is 2.31. The second-order valence-electron chi connectivity index (χ2n) is 4.38. The normalized spacial score (nSPS) is 11.2. The number of fused-ring (bicyclic) bond motifs is 1. The molecule has 2 aromatic rings. The van der Waals surface area contributed by atoms with Crippen molar-refractivity contribution in [2.45, 2.75) is 26.4 Å². The molecule has 0 aliphatic carbocycles. The molecular formula is C13H16N2O2. The van der Waals surface area contributed by atoms with Crippen molar-refractivity contribution in [2.24, 2.45) is 0 Å². The van der Waals surface area contributed by atoms with E-state index in [4.69, 9.17) is 5.11 Å². The van der Waals surface area contributed by atoms with Gasteiger partial charge in [-0.2, -0.15) is 0 Å². The second kappa shape index (κ2) is 4.59. The van der Waals surface area contributed by atoms with Crippen molar-refractivity contribution in [3.8, 4) is 0 Å². The quantitative estimate of drug-likeness (QED) is 0.758. The number of aromatic amines is 1. The summed E-state index contributed by atoms with van der Waals surface area (Å²) in [5.41, 5.74) is 2.21. The van der Waals surface area contributed by atoms with Gasteiger partial charge >= 0.3 is 5.97 Å². The number of carbonyl (C=O) groups is 1. The van der Waals surface area contributed by atoms with E-state index in [0.29, 0.717) is 18.2 Å². The summed E-state index contributed by atoms with van der Waals surface area (Å²) in [6, 6.07) is 5.65. The van der Waals surface area contributed by atoms with Crippen LogP contribution in [-0.4, -0.2) is 22.1 Å². The van der Waals surface area contributed by atoms with Crippen LogP contribution in [0.2, 0.25) is 0 Å². The minimum Gasteiger partial charge on any atom is -0.478 e. The Kier molecular flexibility index (Phi) is 3.15. The lowest BCUT2D eigenvalue weighted by Gasteiger charge is -2.07. The maximum atomic E-state index is 11.2. The third-order valence-corrected chi connectivity index (χ3v) is 2.72. The van der Waals surface area contributed by atoms with Crippen molar-refractivity contribution in [3.05, 3.63) is 35.5 Å². The number of H-pyrrole nitrogens is 1. The maximum absolute atomic E-state index is 11.2. The molecule has 0 saturated carbocycles. The first-order valence-electron chi connectivity index (χ1n) is 5.65. The van der Waals surface area contributed by atoms with Crippen molar-refractivity contribution < 1.29 is 9.90 Å². The van der Waals surface area contributed by atoms with Gasteiger partial charge in [-0.1, -0.05) is 19.9 Å². The van der Waals surface area contributed by atoms with E-state index in [1.165, 1.54) is 0 Å². The topological polar surface area (TPSA) is 65.1 Å². The van der Waals surface area contributed by atoms with Gasteiger partial charge in [0.25, 0.3) is 0 Å². The van der Waals surface area contributed by atoms with Crippen LogP contribution >= 0.6 is 0 Å². The van der Waals surface area contributed by atoms with E-state index in [1.807, 2.05) is 12.3 Å². The number of nitrogens with one attached hydrogen (secondary N) is 2. The fourth-order valence-electron chi connectivity index (χ4n) is 1.89. The highest BCUT2D eigenvalue weighted by atomic mass is 16.4. The highest BCUT2D eigenvalue weighted by molar-refractivity contribution is 6.04. The maximum Gasteiger partial charge on any atom is 0.336 e. The van der Waals surface area contributed by atoms with Gasteiger partial charge in [0, 0.05) is 29.7 Å². The summed E-state index contributed by atoms with van der Waals surface area (Å²) < 4.78 is 0. The molecule has 4 heteroatoms. The highest BCUT2D eigenvalue weighted by Gasteiger charge is 2.13. The first-order valence-corrected chi connectivity index (χ1v) is 5.65. The molecule has 0 aliphatic heterocycles. The molecule has 2 rings (SSSR count). The average molecular weight is 232 g/mol. The molecule has 0 amide bonds. The van der Waals surface area contributed by atoms with Crippen molar-refractivity contribution in [1.29, 1.82) is 0 Å². The van der Waals surface area contributed by atoms with Gasteiger partial charge in [0.05, 0.1) is 5.56 Å². The van der Waals surface area contributed by atoms with E-state index < -0.39 is 5.97 Å². The first-order chi connectivity index (χ1) is 8.09. The molecule has 0 spiro atoms. The Morgan fingerprint density at radius 1 is 1.47 bits per heavy atom. The Labute approximate surface area is 99.7 Å². The zero-order valence-corrected chi connectivity index (χ0v) is 9.95. The fourth-order valence-corrected chi connectivity index (χ4v) is 1.89. The van der Waals surface area contributed by atoms with E-state index in [9.17, 15) is 4.79 Å². The highest BCUT2D eigenvalue weighted by Crippen LogP contribution is 2.22. The minimum atomic E-state index is -0.888. The predicted molar refractivity (Wildman–Crippen MR) is 67.2 cm³/mol. The van der Waals surface area contributed by atoms with Gasteiger partial charge in [-0.15, -0.1) is 0 Å². The van der Waals surface area contributed by atoms with Gasteiger partial charge in [-0.25, -0.2) is 4.79 Å². The lowest BCUT2D eigenvalue weighted by atomic mass is 10.1. The monoisotopic (exact) mass is 232 g/mol. The SMILES string of the molecule is CC(C)NCc1c[nH]c2cccc(C(=O)O)c12. The molecule has 0 fully saturated rings. The molecule has 17 heavy (non-hydrogen) atoms. The van der Waals surface area contributed by atoms with Crippen LogP contribution in [0.15, 0.2) is 24.4 Å². The number of aromatic nitrogens is 1. The number of hydrogen-bond donors (Lipinski definition) is 3. The molecule has 1 aromatic carbocycles. The Morgan fingerprint density at radius 2 is 2.24 bits per heavy atom. The molecule has 0 radical (unpaired) electrons. The number of hydrogen-bond acceptors (Lipinski definition) is 2. The number of carboxylic acid groups (broad SMARTS) is 1. The summed E-state index contributed by atoms with van der Waals surface area (Å²) in [4.78, 5) is 14.3. The number of carboxylic acids is 1. The number of benzene rings is 1. The lowest BCUT2D eigenvalue weighted by Crippen LogP contribution is -2.21. The van der Waals surface area contributed by atoms with Crippen LogP contribution in [0, 0.1) is 0 Å². The molecular weight excluding hydrogens is 216 g/mol. The smallest absolute Gasteiger partial charge is 0.336 e. The zero-order valence-electron chi connectivity index (χ0n) is 9.95. The largest absolute Gasteiger partial charge is 0.478 e. The zero-order chi connectivity index (χ0) is 12.4. The molecule has 4 nitrogen and oxygen atoms in total. The molecule has 90 valence electrons. The first kappa shape index (κ1) is 11.7. The molecule has 0 unspecified atom stereocenters. The summed E-state index contributed by atoms with van der Waals surface area (Å²) in [6.07, 6.45) is 1.87. The molecule has 1 aromatic heterocycles. The van der Waals surface area contributed by atoms with Crippen LogP contribution in [0.1, 0.15) is 29.8 Å². The fraction of sp³-hybridized carbons (Fsp3) is 0.308. The Morgan fingerprint density at radius 3 is 2.88 bits per heavy atom. The number of aromatic carboxylic acids is 1. The minimum absolute atomic E-state index is 0.351. The second-order valence-corrected chi connectivity index (χ2v) is 4.38. The van der Waals surface area contributed by atoms with E-state index in [2.05, 4.69) is 24.1 Å². The molecule has 0 saturated heterocycles. The van der Waals surface area contributed by atoms with Crippen LogP contribution in [-0.2, 0) is 6.54 Å². The molecule has 1 heterocycles. The van der Waals surface area contributed by atoms with Crippen molar-refractivity contribution in [2.75, 3.05) is 0 Å². The van der Waals surface area contributed by atoms with E-state index in [-0.39, 0.29) is 0 Å². The summed E-state index contributed by atoms with van der Waals surface area (Å²) in [5.74, 6) is -0.888. The van der Waals surface area contributed by atoms with Gasteiger partial charge in [-0.3, -0.25) is 0 Å². The van der Waals surface area contributed by atoms with Crippen LogP contribution in [0.4, 0.5) is 0 Å². The van der Waals surface area contributed by atoms with E-state index in [1.54, 1.807) is 12.1 Å². The lowest BCUT2D eigenvalue weighted by molar-refractivity contribution is 0.0699.